The Bertz CT molecular complexity index is 986. The number of para-hydroxylation sites is 1. The van der Waals surface area contributed by atoms with Crippen molar-refractivity contribution < 1.29 is 18.8 Å². The minimum Gasteiger partial charge on any atom is -0.324 e. The third-order valence-electron chi connectivity index (χ3n) is 4.28. The fraction of sp³-hybridized carbons (Fsp3) is 0.158. The Labute approximate surface area is 176 Å². The van der Waals surface area contributed by atoms with E-state index in [9.17, 15) is 18.8 Å². The van der Waals surface area contributed by atoms with E-state index < -0.39 is 29.6 Å². The van der Waals surface area contributed by atoms with Crippen molar-refractivity contribution in [3.05, 3.63) is 64.9 Å². The highest BCUT2D eigenvalue weighted by atomic mass is 35.5. The van der Waals surface area contributed by atoms with E-state index in [4.69, 9.17) is 23.8 Å². The number of hydrogen-bond donors (Lipinski definition) is 2. The van der Waals surface area contributed by atoms with Crippen LogP contribution in [-0.4, -0.2) is 45.8 Å². The van der Waals surface area contributed by atoms with Crippen LogP contribution in [0.15, 0.2) is 48.5 Å². The van der Waals surface area contributed by atoms with Gasteiger partial charge in [0.2, 0.25) is 5.91 Å². The molecule has 0 aromatic heterocycles. The molecule has 0 spiro atoms. The number of carbonyl (C=O) groups excluding carboxylic acids is 3. The number of amides is 3. The molecule has 2 aromatic carbocycles. The van der Waals surface area contributed by atoms with Gasteiger partial charge >= 0.3 is 0 Å². The number of thiocarbonyl (C=S) groups is 1. The van der Waals surface area contributed by atoms with Crippen molar-refractivity contribution in [3.63, 3.8) is 0 Å². The van der Waals surface area contributed by atoms with Gasteiger partial charge in [-0.3, -0.25) is 24.7 Å². The molecule has 3 amide bonds. The lowest BCUT2D eigenvalue weighted by Gasteiger charge is -2.24. The number of nitrogens with zero attached hydrogens (tertiary/aromatic N) is 2. The largest absolute Gasteiger partial charge is 0.324 e. The molecule has 1 aliphatic heterocycles. The molecule has 10 heteroatoms. The Kier molecular flexibility index (Phi) is 6.09. The average Bonchev–Trinajstić information content (AvgIpc) is 2.88. The van der Waals surface area contributed by atoms with E-state index >= 15 is 0 Å². The van der Waals surface area contributed by atoms with Gasteiger partial charge in [-0.15, -0.1) is 0 Å². The van der Waals surface area contributed by atoms with Crippen molar-refractivity contribution >= 4 is 52.3 Å². The summed E-state index contributed by atoms with van der Waals surface area (Å²) in [6, 6.07) is 10.7. The van der Waals surface area contributed by atoms with Crippen LogP contribution in [0.1, 0.15) is 16.8 Å². The molecule has 1 atom stereocenters. The van der Waals surface area contributed by atoms with E-state index in [1.807, 2.05) is 0 Å². The summed E-state index contributed by atoms with van der Waals surface area (Å²) in [6.45, 7) is 0. The lowest BCUT2D eigenvalue weighted by atomic mass is 10.2. The van der Waals surface area contributed by atoms with Crippen LogP contribution in [0.25, 0.3) is 0 Å². The van der Waals surface area contributed by atoms with Crippen LogP contribution < -0.4 is 10.7 Å². The quantitative estimate of drug-likeness (QED) is 0.707. The van der Waals surface area contributed by atoms with Crippen molar-refractivity contribution in [1.82, 2.24) is 15.3 Å². The Balaban J connectivity index is 1.74. The van der Waals surface area contributed by atoms with Crippen molar-refractivity contribution in [2.45, 2.75) is 12.5 Å². The molecule has 3 rings (SSSR count). The fourth-order valence-electron chi connectivity index (χ4n) is 2.74. The zero-order valence-corrected chi connectivity index (χ0v) is 16.8. The van der Waals surface area contributed by atoms with Gasteiger partial charge in [0.15, 0.2) is 5.11 Å². The number of halogens is 2. The van der Waals surface area contributed by atoms with Crippen LogP contribution in [0, 0.1) is 5.82 Å². The topological polar surface area (TPSA) is 81.8 Å². The second-order valence-electron chi connectivity index (χ2n) is 6.25. The van der Waals surface area contributed by atoms with Crippen LogP contribution in [-0.2, 0) is 9.59 Å². The molecule has 1 heterocycles. The average molecular weight is 435 g/mol. The summed E-state index contributed by atoms with van der Waals surface area (Å²) in [4.78, 5) is 38.6. The Morgan fingerprint density at radius 3 is 2.48 bits per heavy atom. The first-order valence-electron chi connectivity index (χ1n) is 8.49. The fourth-order valence-corrected chi connectivity index (χ4v) is 3.13. The van der Waals surface area contributed by atoms with Crippen LogP contribution in [0.5, 0.6) is 0 Å². The number of carbonyl (C=O) groups is 3. The lowest BCUT2D eigenvalue weighted by Crippen LogP contribution is -2.49. The van der Waals surface area contributed by atoms with Gasteiger partial charge in [-0.05, 0) is 48.6 Å². The number of hydrazine groups is 1. The first kappa shape index (κ1) is 20.7. The van der Waals surface area contributed by atoms with Crippen LogP contribution in [0.4, 0.5) is 10.1 Å². The first-order valence-corrected chi connectivity index (χ1v) is 9.28. The molecule has 1 fully saturated rings. The molecule has 7 nitrogen and oxygen atoms in total. The van der Waals surface area contributed by atoms with E-state index in [-0.39, 0.29) is 17.2 Å². The third-order valence-corrected chi connectivity index (χ3v) is 5.00. The van der Waals surface area contributed by atoms with Gasteiger partial charge in [0.1, 0.15) is 11.9 Å². The molecular formula is C19H16ClFN4O3S. The molecule has 0 unspecified atom stereocenters. The minimum absolute atomic E-state index is 0.00405. The van der Waals surface area contributed by atoms with E-state index in [1.54, 1.807) is 18.2 Å². The summed E-state index contributed by atoms with van der Waals surface area (Å²) >= 11 is 11.0. The van der Waals surface area contributed by atoms with E-state index in [0.29, 0.717) is 10.6 Å². The van der Waals surface area contributed by atoms with Gasteiger partial charge in [0.25, 0.3) is 11.8 Å². The molecule has 29 heavy (non-hydrogen) atoms. The highest BCUT2D eigenvalue weighted by Gasteiger charge is 2.42. The molecule has 0 saturated carbocycles. The summed E-state index contributed by atoms with van der Waals surface area (Å²) in [5.41, 5.74) is 2.85. The van der Waals surface area contributed by atoms with Crippen LogP contribution >= 0.6 is 23.8 Å². The van der Waals surface area contributed by atoms with Crippen molar-refractivity contribution in [3.8, 4) is 0 Å². The molecule has 150 valence electrons. The van der Waals surface area contributed by atoms with Gasteiger partial charge < -0.3 is 5.32 Å². The first-order chi connectivity index (χ1) is 13.8. The summed E-state index contributed by atoms with van der Waals surface area (Å²) < 4.78 is 13.7. The van der Waals surface area contributed by atoms with Gasteiger partial charge in [-0.25, -0.2) is 9.40 Å². The number of benzene rings is 2. The third kappa shape index (κ3) is 4.52. The van der Waals surface area contributed by atoms with Gasteiger partial charge in [0.05, 0.1) is 12.1 Å². The maximum atomic E-state index is 13.7. The highest BCUT2D eigenvalue weighted by molar-refractivity contribution is 7.80. The Morgan fingerprint density at radius 2 is 1.83 bits per heavy atom. The molecule has 2 aromatic rings. The number of hydrogen-bond acceptors (Lipinski definition) is 4. The number of rotatable bonds is 5. The van der Waals surface area contributed by atoms with Crippen molar-refractivity contribution in [2.24, 2.45) is 0 Å². The monoisotopic (exact) mass is 434 g/mol. The second kappa shape index (κ2) is 8.54. The predicted molar refractivity (Wildman–Crippen MR) is 110 cm³/mol. The molecule has 0 aliphatic carbocycles. The standard InChI is InChI=1S/C19H16ClFN4O3S/c1-24-18(28)15(10-16(26)22-14-5-3-2-4-13(14)21)25(19(24)29)23-17(27)11-6-8-12(20)9-7-11/h2-9,15H,10H2,1H3,(H,22,26)(H,23,27)/t15-/m1/s1. The Hall–Kier alpha value is -3.04. The molecular weight excluding hydrogens is 419 g/mol. The maximum Gasteiger partial charge on any atom is 0.269 e. The minimum atomic E-state index is -1.06. The molecule has 0 radical (unpaired) electrons. The van der Waals surface area contributed by atoms with E-state index in [0.717, 1.165) is 5.01 Å². The summed E-state index contributed by atoms with van der Waals surface area (Å²) in [5, 5.41) is 4.09. The highest BCUT2D eigenvalue weighted by Crippen LogP contribution is 2.20. The Morgan fingerprint density at radius 1 is 1.17 bits per heavy atom. The smallest absolute Gasteiger partial charge is 0.269 e. The van der Waals surface area contributed by atoms with Crippen molar-refractivity contribution in [1.29, 1.82) is 0 Å². The van der Waals surface area contributed by atoms with Gasteiger partial charge in [0, 0.05) is 17.6 Å². The summed E-state index contributed by atoms with van der Waals surface area (Å²) in [5.74, 6) is -2.18. The van der Waals surface area contributed by atoms with Gasteiger partial charge in [-0.2, -0.15) is 0 Å². The molecule has 1 saturated heterocycles. The lowest BCUT2D eigenvalue weighted by molar-refractivity contribution is -0.130. The maximum absolute atomic E-state index is 13.7. The second-order valence-corrected chi connectivity index (χ2v) is 7.05. The number of nitrogens with one attached hydrogen (secondary N) is 2. The molecule has 2 N–H and O–H groups in total. The van der Waals surface area contributed by atoms with E-state index in [1.165, 1.54) is 42.3 Å². The zero-order valence-electron chi connectivity index (χ0n) is 15.2. The number of anilines is 1. The normalized spacial score (nSPS) is 16.2. The zero-order chi connectivity index (χ0) is 21.1. The summed E-state index contributed by atoms with van der Waals surface area (Å²) in [6.07, 6.45) is -0.335. The number of likely N-dealkylation sites (N-methyl/N-ethyl adjacent to an activating group) is 1. The SMILES string of the molecule is CN1C(=O)[C@@H](CC(=O)Nc2ccccc2F)N(NC(=O)c2ccc(Cl)cc2)C1=S. The van der Waals surface area contributed by atoms with Gasteiger partial charge in [-0.1, -0.05) is 23.7 Å². The summed E-state index contributed by atoms with van der Waals surface area (Å²) in [7, 11) is 1.45. The van der Waals surface area contributed by atoms with Crippen LogP contribution in [0.2, 0.25) is 5.02 Å². The van der Waals surface area contributed by atoms with E-state index in [2.05, 4.69) is 10.7 Å². The predicted octanol–water partition coefficient (Wildman–Crippen LogP) is 2.58. The molecule has 1 aliphatic rings. The molecule has 0 bridgehead atoms. The van der Waals surface area contributed by atoms with Crippen LogP contribution in [0.3, 0.4) is 0 Å². The van der Waals surface area contributed by atoms with Crippen molar-refractivity contribution in [2.75, 3.05) is 12.4 Å².